The summed E-state index contributed by atoms with van der Waals surface area (Å²) in [5, 5.41) is 11.4. The summed E-state index contributed by atoms with van der Waals surface area (Å²) in [4.78, 5) is 4.18. The number of hydrogen-bond acceptors (Lipinski definition) is 4. The zero-order valence-corrected chi connectivity index (χ0v) is 13.0. The second-order valence-electron chi connectivity index (χ2n) is 3.90. The van der Waals surface area contributed by atoms with E-state index in [1.807, 2.05) is 18.2 Å². The van der Waals surface area contributed by atoms with Crippen molar-refractivity contribution in [3.05, 3.63) is 53.7 Å². The van der Waals surface area contributed by atoms with Gasteiger partial charge in [-0.05, 0) is 36.4 Å². The fraction of sp³-hybridized carbons (Fsp3) is 0.214. The molecule has 0 radical (unpaired) electrons. The van der Waals surface area contributed by atoms with Gasteiger partial charge in [-0.2, -0.15) is 0 Å². The Balaban J connectivity index is 0.00000200. The molecular formula is C14H15Cl2NO2S. The lowest BCUT2D eigenvalue weighted by molar-refractivity contribution is 0.126. The van der Waals surface area contributed by atoms with Crippen LogP contribution in [0.3, 0.4) is 0 Å². The number of aromatic nitrogens is 1. The summed E-state index contributed by atoms with van der Waals surface area (Å²) >= 11 is 7.28. The molecule has 0 saturated heterocycles. The van der Waals surface area contributed by atoms with Crippen LogP contribution in [0.25, 0.3) is 0 Å². The van der Waals surface area contributed by atoms with Crippen LogP contribution in [-0.4, -0.2) is 28.6 Å². The van der Waals surface area contributed by atoms with Crippen molar-refractivity contribution < 1.29 is 9.84 Å². The number of pyridine rings is 1. The van der Waals surface area contributed by atoms with E-state index in [-0.39, 0.29) is 19.0 Å². The SMILES string of the molecule is Cl.OC(COc1ccc(Cl)cc1)CSc1ccccn1. The van der Waals surface area contributed by atoms with Crippen molar-refractivity contribution in [2.75, 3.05) is 12.4 Å². The largest absolute Gasteiger partial charge is 0.491 e. The Labute approximate surface area is 133 Å². The molecule has 20 heavy (non-hydrogen) atoms. The zero-order chi connectivity index (χ0) is 13.5. The van der Waals surface area contributed by atoms with Gasteiger partial charge in [0.05, 0.1) is 11.1 Å². The van der Waals surface area contributed by atoms with E-state index in [9.17, 15) is 5.11 Å². The normalized spacial score (nSPS) is 11.5. The third kappa shape index (κ3) is 6.01. The van der Waals surface area contributed by atoms with Gasteiger partial charge in [-0.25, -0.2) is 4.98 Å². The summed E-state index contributed by atoms with van der Waals surface area (Å²) in [7, 11) is 0. The van der Waals surface area contributed by atoms with Gasteiger partial charge < -0.3 is 9.84 Å². The molecule has 6 heteroatoms. The number of aliphatic hydroxyl groups excluding tert-OH is 1. The van der Waals surface area contributed by atoms with Crippen LogP contribution >= 0.6 is 35.8 Å². The number of thioether (sulfide) groups is 1. The molecule has 3 nitrogen and oxygen atoms in total. The van der Waals surface area contributed by atoms with Crippen molar-refractivity contribution in [1.82, 2.24) is 4.98 Å². The van der Waals surface area contributed by atoms with Gasteiger partial charge in [0.15, 0.2) is 0 Å². The first-order chi connectivity index (χ1) is 9.24. The van der Waals surface area contributed by atoms with Crippen LogP contribution in [0, 0.1) is 0 Å². The lowest BCUT2D eigenvalue weighted by Crippen LogP contribution is -2.20. The summed E-state index contributed by atoms with van der Waals surface area (Å²) in [5.41, 5.74) is 0. The molecule has 0 saturated carbocycles. The summed E-state index contributed by atoms with van der Waals surface area (Å²) < 4.78 is 5.47. The highest BCUT2D eigenvalue weighted by Crippen LogP contribution is 2.17. The Morgan fingerprint density at radius 3 is 2.60 bits per heavy atom. The van der Waals surface area contributed by atoms with Gasteiger partial charge in [0.2, 0.25) is 0 Å². The van der Waals surface area contributed by atoms with Crippen LogP contribution in [0.5, 0.6) is 5.75 Å². The summed E-state index contributed by atoms with van der Waals surface area (Å²) in [6, 6.07) is 12.8. The first-order valence-corrected chi connectivity index (χ1v) is 7.20. The molecule has 1 aromatic carbocycles. The molecule has 0 aliphatic heterocycles. The fourth-order valence-corrected chi connectivity index (χ4v) is 2.28. The van der Waals surface area contributed by atoms with E-state index in [2.05, 4.69) is 4.98 Å². The smallest absolute Gasteiger partial charge is 0.119 e. The Morgan fingerprint density at radius 2 is 1.95 bits per heavy atom. The van der Waals surface area contributed by atoms with Crippen LogP contribution in [0.2, 0.25) is 5.02 Å². The fourth-order valence-electron chi connectivity index (χ4n) is 1.39. The van der Waals surface area contributed by atoms with Gasteiger partial charge >= 0.3 is 0 Å². The maximum absolute atomic E-state index is 9.83. The van der Waals surface area contributed by atoms with Crippen molar-refractivity contribution in [2.45, 2.75) is 11.1 Å². The minimum absolute atomic E-state index is 0. The molecule has 1 atom stereocenters. The van der Waals surface area contributed by atoms with E-state index in [4.69, 9.17) is 16.3 Å². The maximum Gasteiger partial charge on any atom is 0.119 e. The van der Waals surface area contributed by atoms with Gasteiger partial charge in [0, 0.05) is 17.0 Å². The number of rotatable bonds is 6. The van der Waals surface area contributed by atoms with E-state index in [1.165, 1.54) is 11.8 Å². The van der Waals surface area contributed by atoms with Gasteiger partial charge in [0.25, 0.3) is 0 Å². The molecule has 1 heterocycles. The first kappa shape index (κ1) is 17.1. The molecule has 1 N–H and O–H groups in total. The third-order valence-electron chi connectivity index (χ3n) is 2.32. The molecule has 0 fully saturated rings. The molecule has 0 aliphatic carbocycles. The summed E-state index contributed by atoms with van der Waals surface area (Å²) in [6.07, 6.45) is 1.20. The minimum atomic E-state index is -0.539. The average molecular weight is 332 g/mol. The van der Waals surface area contributed by atoms with E-state index in [0.717, 1.165) is 5.03 Å². The molecule has 108 valence electrons. The maximum atomic E-state index is 9.83. The molecule has 0 aliphatic rings. The quantitative estimate of drug-likeness (QED) is 0.820. The van der Waals surface area contributed by atoms with Crippen LogP contribution in [0.1, 0.15) is 0 Å². The number of nitrogens with zero attached hydrogens (tertiary/aromatic N) is 1. The van der Waals surface area contributed by atoms with E-state index < -0.39 is 6.10 Å². The monoisotopic (exact) mass is 331 g/mol. The molecule has 2 aromatic rings. The third-order valence-corrected chi connectivity index (χ3v) is 3.66. The van der Waals surface area contributed by atoms with Gasteiger partial charge in [-0.15, -0.1) is 24.2 Å². The topological polar surface area (TPSA) is 42.4 Å². The van der Waals surface area contributed by atoms with Crippen molar-refractivity contribution in [2.24, 2.45) is 0 Å². The zero-order valence-electron chi connectivity index (χ0n) is 10.6. The van der Waals surface area contributed by atoms with E-state index in [0.29, 0.717) is 16.5 Å². The number of hydrogen-bond donors (Lipinski definition) is 1. The molecule has 0 spiro atoms. The van der Waals surface area contributed by atoms with E-state index >= 15 is 0 Å². The Morgan fingerprint density at radius 1 is 1.20 bits per heavy atom. The second kappa shape index (κ2) is 9.08. The highest BCUT2D eigenvalue weighted by molar-refractivity contribution is 7.99. The van der Waals surface area contributed by atoms with Crippen molar-refractivity contribution >= 4 is 35.8 Å². The molecular weight excluding hydrogens is 317 g/mol. The number of aliphatic hydroxyl groups is 1. The summed E-state index contributed by atoms with van der Waals surface area (Å²) in [5.74, 6) is 1.25. The van der Waals surface area contributed by atoms with Gasteiger partial charge in [-0.3, -0.25) is 0 Å². The van der Waals surface area contributed by atoms with Crippen molar-refractivity contribution in [1.29, 1.82) is 0 Å². The molecule has 0 bridgehead atoms. The van der Waals surface area contributed by atoms with Crippen LogP contribution in [-0.2, 0) is 0 Å². The summed E-state index contributed by atoms with van der Waals surface area (Å²) in [6.45, 7) is 0.251. The second-order valence-corrected chi connectivity index (χ2v) is 5.37. The minimum Gasteiger partial charge on any atom is -0.491 e. The highest BCUT2D eigenvalue weighted by Gasteiger charge is 2.06. The van der Waals surface area contributed by atoms with Gasteiger partial charge in [0.1, 0.15) is 12.4 Å². The molecule has 2 rings (SSSR count). The standard InChI is InChI=1S/C14H14ClNO2S.ClH/c15-11-4-6-13(7-5-11)18-9-12(17)10-19-14-3-1-2-8-16-14;/h1-8,12,17H,9-10H2;1H. The Kier molecular flexibility index (Phi) is 7.77. The first-order valence-electron chi connectivity index (χ1n) is 5.84. The average Bonchev–Trinajstić information content (AvgIpc) is 2.45. The highest BCUT2D eigenvalue weighted by atomic mass is 35.5. The van der Waals surface area contributed by atoms with Crippen LogP contribution in [0.15, 0.2) is 53.7 Å². The molecule has 1 unspecified atom stereocenters. The van der Waals surface area contributed by atoms with Gasteiger partial charge in [-0.1, -0.05) is 17.7 Å². The van der Waals surface area contributed by atoms with Crippen LogP contribution < -0.4 is 4.74 Å². The lowest BCUT2D eigenvalue weighted by Gasteiger charge is -2.11. The Hall–Kier alpha value is -0.940. The predicted molar refractivity (Wildman–Crippen MR) is 85.2 cm³/mol. The Bertz CT molecular complexity index is 496. The molecule has 0 amide bonds. The predicted octanol–water partition coefficient (Wildman–Crippen LogP) is 3.69. The number of ether oxygens (including phenoxy) is 1. The van der Waals surface area contributed by atoms with Crippen molar-refractivity contribution in [3.8, 4) is 5.75 Å². The number of halogens is 2. The molecule has 1 aromatic heterocycles. The lowest BCUT2D eigenvalue weighted by atomic mass is 10.3. The van der Waals surface area contributed by atoms with Crippen molar-refractivity contribution in [3.63, 3.8) is 0 Å². The van der Waals surface area contributed by atoms with E-state index in [1.54, 1.807) is 30.5 Å². The van der Waals surface area contributed by atoms with Crippen LogP contribution in [0.4, 0.5) is 0 Å². The number of benzene rings is 1.